The summed E-state index contributed by atoms with van der Waals surface area (Å²) in [5.41, 5.74) is 0.232. The quantitative estimate of drug-likeness (QED) is 0.869. The van der Waals surface area contributed by atoms with Gasteiger partial charge in [-0.1, -0.05) is 6.07 Å². The first-order chi connectivity index (χ1) is 9.05. The number of amides is 1. The summed E-state index contributed by atoms with van der Waals surface area (Å²) in [7, 11) is 0. The van der Waals surface area contributed by atoms with Crippen molar-refractivity contribution in [1.82, 2.24) is 5.32 Å². The average molecular weight is 267 g/mol. The lowest BCUT2D eigenvalue weighted by Gasteiger charge is -2.22. The van der Waals surface area contributed by atoms with Gasteiger partial charge in [-0.25, -0.2) is 4.39 Å². The molecule has 0 saturated carbocycles. The summed E-state index contributed by atoms with van der Waals surface area (Å²) in [4.78, 5) is 12.0. The van der Waals surface area contributed by atoms with E-state index in [0.29, 0.717) is 19.6 Å². The highest BCUT2D eigenvalue weighted by atomic mass is 19.1. The van der Waals surface area contributed by atoms with Crippen LogP contribution < -0.4 is 5.32 Å². The molecule has 5 heteroatoms. The van der Waals surface area contributed by atoms with E-state index >= 15 is 0 Å². The fourth-order valence-electron chi connectivity index (χ4n) is 2.19. The molecule has 1 saturated heterocycles. The topological polar surface area (TPSA) is 58.6 Å². The SMILES string of the molecule is CC1(C(=O)NCc2ccc(F)c(CO)c2)CCCO1. The molecule has 0 aliphatic carbocycles. The maximum absolute atomic E-state index is 13.2. The smallest absolute Gasteiger partial charge is 0.252 e. The summed E-state index contributed by atoms with van der Waals surface area (Å²) in [6.45, 7) is 2.33. The summed E-state index contributed by atoms with van der Waals surface area (Å²) < 4.78 is 18.7. The van der Waals surface area contributed by atoms with Crippen LogP contribution in [0.5, 0.6) is 0 Å². The lowest BCUT2D eigenvalue weighted by atomic mass is 10.0. The zero-order valence-electron chi connectivity index (χ0n) is 10.9. The molecule has 19 heavy (non-hydrogen) atoms. The second-order valence-electron chi connectivity index (χ2n) is 4.95. The summed E-state index contributed by atoms with van der Waals surface area (Å²) >= 11 is 0. The molecule has 0 bridgehead atoms. The van der Waals surface area contributed by atoms with Gasteiger partial charge >= 0.3 is 0 Å². The number of aliphatic hydroxyl groups excluding tert-OH is 1. The third-order valence-corrected chi connectivity index (χ3v) is 3.43. The Labute approximate surface area is 111 Å². The normalized spacial score (nSPS) is 22.5. The van der Waals surface area contributed by atoms with E-state index in [1.807, 2.05) is 0 Å². The fraction of sp³-hybridized carbons (Fsp3) is 0.500. The number of hydrogen-bond acceptors (Lipinski definition) is 3. The molecule has 0 aromatic heterocycles. The molecular weight excluding hydrogens is 249 g/mol. The van der Waals surface area contributed by atoms with Gasteiger partial charge in [-0.2, -0.15) is 0 Å². The molecule has 1 aliphatic heterocycles. The molecule has 1 fully saturated rings. The first-order valence-electron chi connectivity index (χ1n) is 6.35. The molecule has 1 aromatic rings. The minimum absolute atomic E-state index is 0.153. The van der Waals surface area contributed by atoms with Gasteiger partial charge in [0, 0.05) is 18.7 Å². The number of aliphatic hydroxyl groups is 1. The molecule has 2 N–H and O–H groups in total. The molecule has 104 valence electrons. The average Bonchev–Trinajstić information content (AvgIpc) is 2.85. The molecule has 0 spiro atoms. The summed E-state index contributed by atoms with van der Waals surface area (Å²) in [5.74, 6) is -0.594. The van der Waals surface area contributed by atoms with Crippen molar-refractivity contribution in [2.24, 2.45) is 0 Å². The van der Waals surface area contributed by atoms with E-state index in [4.69, 9.17) is 9.84 Å². The number of carbonyl (C=O) groups is 1. The van der Waals surface area contributed by atoms with Crippen molar-refractivity contribution in [2.75, 3.05) is 6.61 Å². The van der Waals surface area contributed by atoms with Crippen molar-refractivity contribution in [3.8, 4) is 0 Å². The lowest BCUT2D eigenvalue weighted by molar-refractivity contribution is -0.139. The standard InChI is InChI=1S/C14H18FNO3/c1-14(5-2-6-19-14)13(18)16-8-10-3-4-12(15)11(7-10)9-17/h3-4,7,17H,2,5-6,8-9H2,1H3,(H,16,18). The number of hydrogen-bond donors (Lipinski definition) is 2. The molecular formula is C14H18FNO3. The number of benzene rings is 1. The Kier molecular flexibility index (Phi) is 4.17. The third kappa shape index (κ3) is 3.11. The summed E-state index contributed by atoms with van der Waals surface area (Å²) in [5, 5.41) is 11.8. The number of ether oxygens (including phenoxy) is 1. The number of nitrogens with one attached hydrogen (secondary N) is 1. The Balaban J connectivity index is 1.97. The molecule has 2 rings (SSSR count). The van der Waals surface area contributed by atoms with Crippen LogP contribution in [-0.4, -0.2) is 23.2 Å². The Morgan fingerprint density at radius 3 is 3.00 bits per heavy atom. The van der Waals surface area contributed by atoms with Crippen molar-refractivity contribution in [1.29, 1.82) is 0 Å². The fourth-order valence-corrected chi connectivity index (χ4v) is 2.19. The van der Waals surface area contributed by atoms with Gasteiger partial charge in [-0.05, 0) is 37.5 Å². The van der Waals surface area contributed by atoms with Gasteiger partial charge < -0.3 is 15.2 Å². The summed E-state index contributed by atoms with van der Waals surface area (Å²) in [6, 6.07) is 4.43. The third-order valence-electron chi connectivity index (χ3n) is 3.43. The monoisotopic (exact) mass is 267 g/mol. The van der Waals surface area contributed by atoms with Crippen molar-refractivity contribution in [3.05, 3.63) is 35.1 Å². The molecule has 1 aromatic carbocycles. The number of rotatable bonds is 4. The molecule has 1 atom stereocenters. The molecule has 0 radical (unpaired) electrons. The van der Waals surface area contributed by atoms with Crippen LogP contribution in [0.1, 0.15) is 30.9 Å². The molecule has 1 amide bonds. The van der Waals surface area contributed by atoms with Crippen LogP contribution in [-0.2, 0) is 22.7 Å². The second-order valence-corrected chi connectivity index (χ2v) is 4.95. The highest BCUT2D eigenvalue weighted by Gasteiger charge is 2.37. The Bertz CT molecular complexity index is 470. The van der Waals surface area contributed by atoms with Gasteiger partial charge in [0.05, 0.1) is 6.61 Å². The van der Waals surface area contributed by atoms with E-state index in [9.17, 15) is 9.18 Å². The van der Waals surface area contributed by atoms with Crippen molar-refractivity contribution >= 4 is 5.91 Å². The van der Waals surface area contributed by atoms with Crippen molar-refractivity contribution in [2.45, 2.75) is 38.5 Å². The van der Waals surface area contributed by atoms with Crippen LogP contribution >= 0.6 is 0 Å². The van der Waals surface area contributed by atoms with Crippen LogP contribution in [0, 0.1) is 5.82 Å². The largest absolute Gasteiger partial charge is 0.392 e. The van der Waals surface area contributed by atoms with Gasteiger partial charge in [0.1, 0.15) is 11.4 Å². The highest BCUT2D eigenvalue weighted by molar-refractivity contribution is 5.84. The van der Waals surface area contributed by atoms with E-state index in [1.165, 1.54) is 6.07 Å². The van der Waals surface area contributed by atoms with E-state index in [1.54, 1.807) is 19.1 Å². The lowest BCUT2D eigenvalue weighted by Crippen LogP contribution is -2.43. The molecule has 4 nitrogen and oxygen atoms in total. The predicted molar refractivity (Wildman–Crippen MR) is 67.8 cm³/mol. The number of carbonyl (C=O) groups excluding carboxylic acids is 1. The second kappa shape index (κ2) is 5.67. The Morgan fingerprint density at radius 2 is 2.37 bits per heavy atom. The predicted octanol–water partition coefficient (Wildman–Crippen LogP) is 1.50. The van der Waals surface area contributed by atoms with Crippen molar-refractivity contribution in [3.63, 3.8) is 0 Å². The van der Waals surface area contributed by atoms with E-state index in [2.05, 4.69) is 5.32 Å². The summed E-state index contributed by atoms with van der Waals surface area (Å²) in [6.07, 6.45) is 1.60. The molecule has 1 aliphatic rings. The molecule has 1 heterocycles. The first kappa shape index (κ1) is 14.0. The maximum atomic E-state index is 13.2. The molecule has 1 unspecified atom stereocenters. The van der Waals surface area contributed by atoms with E-state index in [-0.39, 0.29) is 18.1 Å². The van der Waals surface area contributed by atoms with Crippen molar-refractivity contribution < 1.29 is 19.0 Å². The van der Waals surface area contributed by atoms with Gasteiger partial charge in [0.25, 0.3) is 5.91 Å². The van der Waals surface area contributed by atoms with Crippen LogP contribution in [0.15, 0.2) is 18.2 Å². The van der Waals surface area contributed by atoms with Gasteiger partial charge in [-0.15, -0.1) is 0 Å². The highest BCUT2D eigenvalue weighted by Crippen LogP contribution is 2.25. The zero-order chi connectivity index (χ0) is 13.9. The van der Waals surface area contributed by atoms with Gasteiger partial charge in [-0.3, -0.25) is 4.79 Å². The first-order valence-corrected chi connectivity index (χ1v) is 6.35. The van der Waals surface area contributed by atoms with Gasteiger partial charge in [0.2, 0.25) is 0 Å². The maximum Gasteiger partial charge on any atom is 0.252 e. The van der Waals surface area contributed by atoms with E-state index in [0.717, 1.165) is 12.0 Å². The van der Waals surface area contributed by atoms with Crippen LogP contribution in [0.2, 0.25) is 0 Å². The van der Waals surface area contributed by atoms with Crippen LogP contribution in [0.3, 0.4) is 0 Å². The van der Waals surface area contributed by atoms with Crippen LogP contribution in [0.25, 0.3) is 0 Å². The zero-order valence-corrected chi connectivity index (χ0v) is 10.9. The van der Waals surface area contributed by atoms with Gasteiger partial charge in [0.15, 0.2) is 0 Å². The van der Waals surface area contributed by atoms with E-state index < -0.39 is 11.4 Å². The Morgan fingerprint density at radius 1 is 1.58 bits per heavy atom. The Hall–Kier alpha value is -1.46. The van der Waals surface area contributed by atoms with Crippen LogP contribution in [0.4, 0.5) is 4.39 Å². The minimum atomic E-state index is -0.750. The number of halogens is 1. The minimum Gasteiger partial charge on any atom is -0.392 e.